The van der Waals surface area contributed by atoms with Gasteiger partial charge in [0.15, 0.2) is 0 Å². The summed E-state index contributed by atoms with van der Waals surface area (Å²) in [5, 5.41) is 0.678. The maximum atomic E-state index is 14.2. The number of alkyl halides is 1. The summed E-state index contributed by atoms with van der Waals surface area (Å²) in [6.07, 6.45) is 1.81. The molecule has 0 bridgehead atoms. The van der Waals surface area contributed by atoms with E-state index in [1.165, 1.54) is 0 Å². The first-order valence-electron chi connectivity index (χ1n) is 7.03. The van der Waals surface area contributed by atoms with E-state index < -0.39 is 0 Å². The lowest BCUT2D eigenvalue weighted by Gasteiger charge is -2.36. The third kappa shape index (κ3) is 3.18. The number of nitrogens with zero attached hydrogens (tertiary/aromatic N) is 3. The summed E-state index contributed by atoms with van der Waals surface area (Å²) in [5.74, 6) is 0.852. The zero-order valence-corrected chi connectivity index (χ0v) is 13.3. The van der Waals surface area contributed by atoms with Crippen LogP contribution in [0, 0.1) is 5.82 Å². The molecule has 110 valence electrons. The molecule has 1 aromatic heterocycles. The van der Waals surface area contributed by atoms with E-state index in [1.807, 2.05) is 30.3 Å². The van der Waals surface area contributed by atoms with Gasteiger partial charge < -0.3 is 9.80 Å². The Hall–Kier alpha value is -1.62. The molecule has 1 aliphatic rings. The molecule has 1 aromatic carbocycles. The van der Waals surface area contributed by atoms with Crippen LogP contribution in [-0.4, -0.2) is 31.2 Å². The van der Waals surface area contributed by atoms with E-state index in [2.05, 4.69) is 30.7 Å². The highest BCUT2D eigenvalue weighted by molar-refractivity contribution is 9.08. The van der Waals surface area contributed by atoms with Crippen LogP contribution in [0.4, 0.5) is 15.9 Å². The van der Waals surface area contributed by atoms with E-state index in [4.69, 9.17) is 0 Å². The number of hydrogen-bond donors (Lipinski definition) is 0. The Morgan fingerprint density at radius 1 is 1.05 bits per heavy atom. The molecule has 5 heteroatoms. The second-order valence-corrected chi connectivity index (χ2v) is 5.64. The predicted octanol–water partition coefficient (Wildman–Crippen LogP) is 3.44. The number of halogens is 2. The molecule has 0 atom stereocenters. The largest absolute Gasteiger partial charge is 0.366 e. The average Bonchev–Trinajstić information content (AvgIpc) is 2.56. The molecule has 1 fully saturated rings. The van der Waals surface area contributed by atoms with Crippen LogP contribution >= 0.6 is 15.9 Å². The standard InChI is InChI=1S/C16H17BrFN3/c17-12-13-4-5-15(14(18)11-13)20-7-9-21(10-8-20)16-3-1-2-6-19-16/h1-6,11H,7-10,12H2. The Bertz CT molecular complexity index is 598. The molecule has 0 aliphatic carbocycles. The van der Waals surface area contributed by atoms with Gasteiger partial charge in [0.1, 0.15) is 11.6 Å². The van der Waals surface area contributed by atoms with E-state index in [0.29, 0.717) is 11.0 Å². The molecule has 3 nitrogen and oxygen atoms in total. The highest BCUT2D eigenvalue weighted by Gasteiger charge is 2.20. The molecule has 0 N–H and O–H groups in total. The summed E-state index contributed by atoms with van der Waals surface area (Å²) in [6, 6.07) is 11.4. The SMILES string of the molecule is Fc1cc(CBr)ccc1N1CCN(c2ccccn2)CC1. The normalized spacial score (nSPS) is 15.3. The van der Waals surface area contributed by atoms with Crippen LogP contribution in [0.25, 0.3) is 0 Å². The number of benzene rings is 1. The Balaban J connectivity index is 1.68. The van der Waals surface area contributed by atoms with Crippen molar-refractivity contribution in [3.05, 3.63) is 54.0 Å². The van der Waals surface area contributed by atoms with E-state index in [9.17, 15) is 4.39 Å². The van der Waals surface area contributed by atoms with Crippen LogP contribution in [0.3, 0.4) is 0 Å². The van der Waals surface area contributed by atoms with Crippen molar-refractivity contribution in [2.24, 2.45) is 0 Å². The second kappa shape index (κ2) is 6.43. The van der Waals surface area contributed by atoms with Crippen LogP contribution in [0.2, 0.25) is 0 Å². The molecular formula is C16H17BrFN3. The molecule has 1 aliphatic heterocycles. The van der Waals surface area contributed by atoms with Crippen molar-refractivity contribution < 1.29 is 4.39 Å². The quantitative estimate of drug-likeness (QED) is 0.791. The average molecular weight is 350 g/mol. The van der Waals surface area contributed by atoms with Gasteiger partial charge in [-0.2, -0.15) is 0 Å². The van der Waals surface area contributed by atoms with Crippen molar-refractivity contribution >= 4 is 27.4 Å². The van der Waals surface area contributed by atoms with Crippen LogP contribution in [-0.2, 0) is 5.33 Å². The minimum Gasteiger partial charge on any atom is -0.366 e. The van der Waals surface area contributed by atoms with Crippen LogP contribution in [0.15, 0.2) is 42.6 Å². The predicted molar refractivity (Wildman–Crippen MR) is 87.7 cm³/mol. The summed E-state index contributed by atoms with van der Waals surface area (Å²) >= 11 is 3.35. The first-order chi connectivity index (χ1) is 10.3. The summed E-state index contributed by atoms with van der Waals surface area (Å²) in [7, 11) is 0. The molecule has 2 heterocycles. The van der Waals surface area contributed by atoms with Gasteiger partial charge in [-0.25, -0.2) is 9.37 Å². The highest BCUT2D eigenvalue weighted by Crippen LogP contribution is 2.24. The molecule has 21 heavy (non-hydrogen) atoms. The minimum absolute atomic E-state index is 0.141. The second-order valence-electron chi connectivity index (χ2n) is 5.08. The van der Waals surface area contributed by atoms with E-state index in [-0.39, 0.29) is 5.82 Å². The Morgan fingerprint density at radius 3 is 2.43 bits per heavy atom. The van der Waals surface area contributed by atoms with Crippen LogP contribution in [0.5, 0.6) is 0 Å². The topological polar surface area (TPSA) is 19.4 Å². The Morgan fingerprint density at radius 2 is 1.81 bits per heavy atom. The van der Waals surface area contributed by atoms with Gasteiger partial charge in [-0.1, -0.05) is 28.1 Å². The van der Waals surface area contributed by atoms with E-state index in [1.54, 1.807) is 12.3 Å². The third-order valence-electron chi connectivity index (χ3n) is 3.76. The fraction of sp³-hybridized carbons (Fsp3) is 0.312. The number of pyridine rings is 1. The fourth-order valence-corrected chi connectivity index (χ4v) is 2.96. The lowest BCUT2D eigenvalue weighted by atomic mass is 10.2. The van der Waals surface area contributed by atoms with Crippen molar-refractivity contribution in [1.29, 1.82) is 0 Å². The smallest absolute Gasteiger partial charge is 0.146 e. The molecule has 3 rings (SSSR count). The monoisotopic (exact) mass is 349 g/mol. The van der Waals surface area contributed by atoms with E-state index >= 15 is 0 Å². The molecule has 2 aromatic rings. The molecular weight excluding hydrogens is 333 g/mol. The zero-order valence-electron chi connectivity index (χ0n) is 11.7. The molecule has 0 saturated carbocycles. The van der Waals surface area contributed by atoms with Crippen molar-refractivity contribution in [1.82, 2.24) is 4.98 Å². The fourth-order valence-electron chi connectivity index (χ4n) is 2.61. The zero-order chi connectivity index (χ0) is 14.7. The highest BCUT2D eigenvalue weighted by atomic mass is 79.9. The van der Waals surface area contributed by atoms with Crippen molar-refractivity contribution in [3.63, 3.8) is 0 Å². The van der Waals surface area contributed by atoms with Crippen LogP contribution in [0.1, 0.15) is 5.56 Å². The lowest BCUT2D eigenvalue weighted by Crippen LogP contribution is -2.47. The van der Waals surface area contributed by atoms with Gasteiger partial charge in [0.2, 0.25) is 0 Å². The van der Waals surface area contributed by atoms with Crippen molar-refractivity contribution in [2.75, 3.05) is 36.0 Å². The maximum absolute atomic E-state index is 14.2. The molecule has 0 radical (unpaired) electrons. The summed E-state index contributed by atoms with van der Waals surface area (Å²) < 4.78 is 14.2. The number of piperazine rings is 1. The summed E-state index contributed by atoms with van der Waals surface area (Å²) in [6.45, 7) is 3.33. The van der Waals surface area contributed by atoms with Gasteiger partial charge in [-0.3, -0.25) is 0 Å². The number of anilines is 2. The molecule has 1 saturated heterocycles. The molecule has 0 unspecified atom stereocenters. The number of hydrogen-bond acceptors (Lipinski definition) is 3. The van der Waals surface area contributed by atoms with Crippen LogP contribution < -0.4 is 9.80 Å². The summed E-state index contributed by atoms with van der Waals surface area (Å²) in [4.78, 5) is 8.71. The van der Waals surface area contributed by atoms with Gasteiger partial charge in [-0.15, -0.1) is 0 Å². The Kier molecular flexibility index (Phi) is 4.39. The number of rotatable bonds is 3. The maximum Gasteiger partial charge on any atom is 0.146 e. The summed E-state index contributed by atoms with van der Waals surface area (Å²) in [5.41, 5.74) is 1.66. The third-order valence-corrected chi connectivity index (χ3v) is 4.41. The van der Waals surface area contributed by atoms with Gasteiger partial charge in [0.25, 0.3) is 0 Å². The van der Waals surface area contributed by atoms with Gasteiger partial charge in [-0.05, 0) is 29.8 Å². The minimum atomic E-state index is -0.141. The first kappa shape index (κ1) is 14.3. The van der Waals surface area contributed by atoms with Gasteiger partial charge >= 0.3 is 0 Å². The molecule has 0 spiro atoms. The Labute approximate surface area is 132 Å². The van der Waals surface area contributed by atoms with Gasteiger partial charge in [0, 0.05) is 37.7 Å². The number of aromatic nitrogens is 1. The van der Waals surface area contributed by atoms with Crippen molar-refractivity contribution in [3.8, 4) is 0 Å². The van der Waals surface area contributed by atoms with Gasteiger partial charge in [0.05, 0.1) is 5.69 Å². The molecule has 0 amide bonds. The van der Waals surface area contributed by atoms with Crippen molar-refractivity contribution in [2.45, 2.75) is 5.33 Å². The first-order valence-corrected chi connectivity index (χ1v) is 8.15. The van der Waals surface area contributed by atoms with E-state index in [0.717, 1.165) is 37.6 Å². The lowest BCUT2D eigenvalue weighted by molar-refractivity contribution is 0.595.